The highest BCUT2D eigenvalue weighted by Gasteiger charge is 2.36. The van der Waals surface area contributed by atoms with Crippen molar-refractivity contribution in [2.24, 2.45) is 4.99 Å². The van der Waals surface area contributed by atoms with Gasteiger partial charge >= 0.3 is 0 Å². The second-order valence-electron chi connectivity index (χ2n) is 4.43. The third-order valence-corrected chi connectivity index (χ3v) is 3.34. The van der Waals surface area contributed by atoms with Crippen LogP contribution in [0, 0.1) is 0 Å². The zero-order valence-electron chi connectivity index (χ0n) is 9.00. The van der Waals surface area contributed by atoms with Gasteiger partial charge in [0.05, 0.1) is 5.54 Å². The first-order valence-electron chi connectivity index (χ1n) is 5.69. The molecule has 2 aliphatic rings. The van der Waals surface area contributed by atoms with Gasteiger partial charge in [0, 0.05) is 0 Å². The maximum absolute atomic E-state index is 4.67. The van der Waals surface area contributed by atoms with Crippen LogP contribution in [0.5, 0.6) is 0 Å². The van der Waals surface area contributed by atoms with Gasteiger partial charge in [-0.15, -0.1) is 0 Å². The molecule has 0 amide bonds. The van der Waals surface area contributed by atoms with Gasteiger partial charge in [-0.2, -0.15) is 0 Å². The van der Waals surface area contributed by atoms with Crippen molar-refractivity contribution < 1.29 is 0 Å². The molecule has 1 heteroatoms. The summed E-state index contributed by atoms with van der Waals surface area (Å²) in [6, 6.07) is 0. The Labute approximate surface area is 86.6 Å². The van der Waals surface area contributed by atoms with Crippen molar-refractivity contribution in [2.45, 2.75) is 51.0 Å². The summed E-state index contributed by atoms with van der Waals surface area (Å²) in [6.45, 7) is 2.04. The molecule has 76 valence electrons. The largest absolute Gasteiger partial charge is 0.291 e. The van der Waals surface area contributed by atoms with Gasteiger partial charge in [-0.1, -0.05) is 23.8 Å². The van der Waals surface area contributed by atoms with Crippen LogP contribution in [0.25, 0.3) is 0 Å². The number of hydrogen-bond donors (Lipinski definition) is 0. The number of rotatable bonds is 3. The summed E-state index contributed by atoms with van der Waals surface area (Å²) in [5.41, 5.74) is 1.89. The fourth-order valence-electron chi connectivity index (χ4n) is 2.43. The summed E-state index contributed by atoms with van der Waals surface area (Å²) in [5.74, 6) is 0. The first-order valence-corrected chi connectivity index (χ1v) is 5.69. The smallest absolute Gasteiger partial charge is 0.0641 e. The molecular weight excluding hydrogens is 170 g/mol. The highest BCUT2D eigenvalue weighted by Crippen LogP contribution is 2.41. The van der Waals surface area contributed by atoms with Crippen molar-refractivity contribution in [1.29, 1.82) is 0 Å². The molecule has 0 N–H and O–H groups in total. The first-order chi connectivity index (χ1) is 6.85. The average Bonchev–Trinajstić information content (AvgIpc) is 2.16. The Morgan fingerprint density at radius 2 is 2.36 bits per heavy atom. The molecule has 0 bridgehead atoms. The lowest BCUT2D eigenvalue weighted by molar-refractivity contribution is 0.249. The van der Waals surface area contributed by atoms with Crippen LogP contribution in [0.1, 0.15) is 45.4 Å². The molecule has 0 aromatic carbocycles. The number of allylic oxidation sites excluding steroid dienone is 3. The lowest BCUT2D eigenvalue weighted by atomic mass is 9.72. The number of nitrogens with zero attached hydrogens (tertiary/aromatic N) is 1. The Kier molecular flexibility index (Phi) is 2.85. The molecule has 0 aromatic heterocycles. The van der Waals surface area contributed by atoms with Crippen LogP contribution >= 0.6 is 0 Å². The van der Waals surface area contributed by atoms with Gasteiger partial charge in [0.15, 0.2) is 0 Å². The molecule has 0 saturated heterocycles. The average molecular weight is 189 g/mol. The van der Waals surface area contributed by atoms with Crippen LogP contribution in [0.4, 0.5) is 0 Å². The van der Waals surface area contributed by atoms with Crippen LogP contribution in [0.15, 0.2) is 28.8 Å². The van der Waals surface area contributed by atoms with E-state index in [0.29, 0.717) is 5.54 Å². The molecule has 2 aliphatic carbocycles. The normalized spacial score (nSPS) is 24.8. The molecule has 2 rings (SSSR count). The Hall–Kier alpha value is -0.850. The Balaban J connectivity index is 2.00. The van der Waals surface area contributed by atoms with Crippen molar-refractivity contribution >= 4 is 6.21 Å². The minimum atomic E-state index is 0.297. The first kappa shape index (κ1) is 9.70. The summed E-state index contributed by atoms with van der Waals surface area (Å²) in [7, 11) is 0. The molecular formula is C13H19N. The molecule has 0 aliphatic heterocycles. The monoisotopic (exact) mass is 189 g/mol. The van der Waals surface area contributed by atoms with Gasteiger partial charge < -0.3 is 0 Å². The molecule has 0 radical (unpaired) electrons. The summed E-state index contributed by atoms with van der Waals surface area (Å²) >= 11 is 0. The maximum atomic E-state index is 4.67. The molecule has 0 unspecified atom stereocenters. The van der Waals surface area contributed by atoms with Gasteiger partial charge in [0.25, 0.3) is 0 Å². The standard InChI is InChI=1S/C13H19N/c1-2-14-13(9-6-10-13)11-12-7-4-3-5-8-12/h2-4,7H,5-6,8-11H2,1H3. The highest BCUT2D eigenvalue weighted by atomic mass is 14.9. The summed E-state index contributed by atoms with van der Waals surface area (Å²) in [4.78, 5) is 4.67. The topological polar surface area (TPSA) is 12.4 Å². The van der Waals surface area contributed by atoms with Crippen LogP contribution in [0.2, 0.25) is 0 Å². The van der Waals surface area contributed by atoms with Crippen LogP contribution < -0.4 is 0 Å². The SMILES string of the molecule is CC=NC1(CC2=CC=CCC2)CCC1. The third-order valence-electron chi connectivity index (χ3n) is 3.34. The molecule has 14 heavy (non-hydrogen) atoms. The lowest BCUT2D eigenvalue weighted by Gasteiger charge is -2.39. The van der Waals surface area contributed by atoms with E-state index in [1.165, 1.54) is 38.5 Å². The van der Waals surface area contributed by atoms with Gasteiger partial charge in [-0.3, -0.25) is 4.99 Å². The third kappa shape index (κ3) is 1.97. The number of aliphatic imine (C=N–C) groups is 1. The van der Waals surface area contributed by atoms with Gasteiger partial charge in [-0.25, -0.2) is 0 Å². The van der Waals surface area contributed by atoms with Gasteiger partial charge in [0.2, 0.25) is 0 Å². The zero-order chi connectivity index (χ0) is 9.86. The van der Waals surface area contributed by atoms with Crippen molar-refractivity contribution in [3.63, 3.8) is 0 Å². The quantitative estimate of drug-likeness (QED) is 0.601. The van der Waals surface area contributed by atoms with E-state index in [1.54, 1.807) is 5.57 Å². The van der Waals surface area contributed by atoms with E-state index in [0.717, 1.165) is 0 Å². The predicted molar refractivity (Wildman–Crippen MR) is 61.8 cm³/mol. The highest BCUT2D eigenvalue weighted by molar-refractivity contribution is 5.54. The van der Waals surface area contributed by atoms with E-state index in [2.05, 4.69) is 23.2 Å². The molecule has 1 saturated carbocycles. The van der Waals surface area contributed by atoms with Crippen molar-refractivity contribution in [3.05, 3.63) is 23.8 Å². The van der Waals surface area contributed by atoms with Crippen molar-refractivity contribution in [2.75, 3.05) is 0 Å². The Bertz CT molecular complexity index is 280. The van der Waals surface area contributed by atoms with Crippen molar-refractivity contribution in [3.8, 4) is 0 Å². The number of hydrogen-bond acceptors (Lipinski definition) is 1. The fourth-order valence-corrected chi connectivity index (χ4v) is 2.43. The van der Waals surface area contributed by atoms with E-state index < -0.39 is 0 Å². The summed E-state index contributed by atoms with van der Waals surface area (Å²) < 4.78 is 0. The van der Waals surface area contributed by atoms with E-state index in [1.807, 2.05) is 13.1 Å². The van der Waals surface area contributed by atoms with E-state index >= 15 is 0 Å². The van der Waals surface area contributed by atoms with E-state index in [9.17, 15) is 0 Å². The second kappa shape index (κ2) is 4.12. The molecule has 1 nitrogen and oxygen atoms in total. The molecule has 0 atom stereocenters. The molecule has 0 heterocycles. The predicted octanol–water partition coefficient (Wildman–Crippen LogP) is 3.67. The van der Waals surface area contributed by atoms with Crippen molar-refractivity contribution in [1.82, 2.24) is 0 Å². The Morgan fingerprint density at radius 3 is 2.86 bits per heavy atom. The Morgan fingerprint density at radius 1 is 1.50 bits per heavy atom. The molecule has 0 spiro atoms. The summed E-state index contributed by atoms with van der Waals surface area (Å²) in [5, 5.41) is 0. The summed E-state index contributed by atoms with van der Waals surface area (Å²) in [6.07, 6.45) is 16.3. The molecule has 1 fully saturated rings. The lowest BCUT2D eigenvalue weighted by Crippen LogP contribution is -2.35. The van der Waals surface area contributed by atoms with E-state index in [-0.39, 0.29) is 0 Å². The van der Waals surface area contributed by atoms with E-state index in [4.69, 9.17) is 0 Å². The second-order valence-corrected chi connectivity index (χ2v) is 4.43. The van der Waals surface area contributed by atoms with Crippen LogP contribution in [-0.4, -0.2) is 11.8 Å². The van der Waals surface area contributed by atoms with Gasteiger partial charge in [-0.05, 0) is 51.7 Å². The maximum Gasteiger partial charge on any atom is 0.0641 e. The van der Waals surface area contributed by atoms with Crippen LogP contribution in [-0.2, 0) is 0 Å². The van der Waals surface area contributed by atoms with Gasteiger partial charge in [0.1, 0.15) is 0 Å². The van der Waals surface area contributed by atoms with Crippen LogP contribution in [0.3, 0.4) is 0 Å². The minimum Gasteiger partial charge on any atom is -0.291 e. The fraction of sp³-hybridized carbons (Fsp3) is 0.615. The minimum absolute atomic E-state index is 0.297. The molecule has 0 aromatic rings. The zero-order valence-corrected chi connectivity index (χ0v) is 9.00.